The maximum Gasteiger partial charge on any atom is 0.401 e. The van der Waals surface area contributed by atoms with Gasteiger partial charge in [-0.25, -0.2) is 0 Å². The summed E-state index contributed by atoms with van der Waals surface area (Å²) in [5.41, 5.74) is -0.624. The molecule has 0 spiro atoms. The summed E-state index contributed by atoms with van der Waals surface area (Å²) in [4.78, 5) is 1.47. The number of aliphatic hydroxyl groups is 1. The number of piperidine rings is 1. The zero-order chi connectivity index (χ0) is 15.5. The largest absolute Gasteiger partial charge is 0.401 e. The molecule has 0 aromatic rings. The van der Waals surface area contributed by atoms with Crippen LogP contribution in [-0.4, -0.2) is 54.0 Å². The third-order valence-corrected chi connectivity index (χ3v) is 4.78. The number of nitrogens with one attached hydrogen (secondary N) is 1. The van der Waals surface area contributed by atoms with Gasteiger partial charge in [0.1, 0.15) is 0 Å². The monoisotopic (exact) mass is 308 g/mol. The third-order valence-electron chi connectivity index (χ3n) is 4.78. The number of halogens is 3. The van der Waals surface area contributed by atoms with Gasteiger partial charge < -0.3 is 10.4 Å². The summed E-state index contributed by atoms with van der Waals surface area (Å²) < 4.78 is 37.0. The Labute approximate surface area is 124 Å². The molecule has 2 unspecified atom stereocenters. The maximum atomic E-state index is 12.3. The number of hydrogen-bond acceptors (Lipinski definition) is 3. The van der Waals surface area contributed by atoms with Crippen LogP contribution >= 0.6 is 0 Å². The van der Waals surface area contributed by atoms with Crippen LogP contribution in [0.3, 0.4) is 0 Å². The van der Waals surface area contributed by atoms with E-state index in [1.165, 1.54) is 11.3 Å². The molecule has 1 aliphatic heterocycles. The van der Waals surface area contributed by atoms with E-state index in [-0.39, 0.29) is 6.04 Å². The first-order valence-electron chi connectivity index (χ1n) is 8.01. The van der Waals surface area contributed by atoms with Crippen LogP contribution in [-0.2, 0) is 0 Å². The summed E-state index contributed by atoms with van der Waals surface area (Å²) in [5.74, 6) is 0.555. The van der Waals surface area contributed by atoms with Crippen molar-refractivity contribution in [3.05, 3.63) is 0 Å². The summed E-state index contributed by atoms with van der Waals surface area (Å²) >= 11 is 0. The van der Waals surface area contributed by atoms with Crippen molar-refractivity contribution in [3.8, 4) is 0 Å². The first kappa shape index (κ1) is 17.0. The van der Waals surface area contributed by atoms with Gasteiger partial charge in [-0.05, 0) is 44.7 Å². The molecule has 2 aliphatic rings. The highest BCUT2D eigenvalue weighted by molar-refractivity contribution is 4.89. The summed E-state index contributed by atoms with van der Waals surface area (Å²) in [7, 11) is 0. The Morgan fingerprint density at radius 3 is 2.48 bits per heavy atom. The molecular weight excluding hydrogens is 281 g/mol. The normalized spacial score (nSPS) is 33.3. The van der Waals surface area contributed by atoms with Crippen LogP contribution in [0, 0.1) is 5.92 Å². The molecule has 2 atom stereocenters. The van der Waals surface area contributed by atoms with Crippen molar-refractivity contribution in [1.29, 1.82) is 0 Å². The van der Waals surface area contributed by atoms with Crippen LogP contribution in [0.2, 0.25) is 0 Å². The predicted molar refractivity (Wildman–Crippen MR) is 76.1 cm³/mol. The molecule has 1 saturated heterocycles. The highest BCUT2D eigenvalue weighted by Crippen LogP contribution is 2.32. The van der Waals surface area contributed by atoms with Crippen molar-refractivity contribution in [1.82, 2.24) is 10.2 Å². The zero-order valence-electron chi connectivity index (χ0n) is 12.8. The fourth-order valence-electron chi connectivity index (χ4n) is 3.68. The quantitative estimate of drug-likeness (QED) is 0.838. The van der Waals surface area contributed by atoms with Gasteiger partial charge in [-0.15, -0.1) is 0 Å². The molecule has 1 heterocycles. The fourth-order valence-corrected chi connectivity index (χ4v) is 3.68. The fraction of sp³-hybridized carbons (Fsp3) is 1.00. The standard InChI is InChI=1S/C15H27F3N2O/c1-12-3-2-6-14(21,9-12)10-19-13-4-7-20(8-5-13)11-15(16,17)18/h12-13,19,21H,2-11H2,1H3. The van der Waals surface area contributed by atoms with E-state index in [1.54, 1.807) is 0 Å². The Morgan fingerprint density at radius 1 is 1.24 bits per heavy atom. The van der Waals surface area contributed by atoms with Crippen molar-refractivity contribution in [2.45, 2.75) is 63.3 Å². The van der Waals surface area contributed by atoms with Gasteiger partial charge in [0.2, 0.25) is 0 Å². The lowest BCUT2D eigenvalue weighted by Gasteiger charge is -2.38. The van der Waals surface area contributed by atoms with Crippen LogP contribution < -0.4 is 5.32 Å². The summed E-state index contributed by atoms with van der Waals surface area (Å²) in [6.07, 6.45) is 1.24. The van der Waals surface area contributed by atoms with Gasteiger partial charge in [-0.1, -0.05) is 19.8 Å². The Kier molecular flexibility index (Phi) is 5.54. The molecule has 0 amide bonds. The summed E-state index contributed by atoms with van der Waals surface area (Å²) in [6.45, 7) is 2.89. The van der Waals surface area contributed by atoms with Crippen molar-refractivity contribution in [2.75, 3.05) is 26.2 Å². The lowest BCUT2D eigenvalue weighted by Crippen LogP contribution is -2.50. The molecule has 21 heavy (non-hydrogen) atoms. The number of hydrogen-bond donors (Lipinski definition) is 2. The molecule has 2 N–H and O–H groups in total. The van der Waals surface area contributed by atoms with E-state index >= 15 is 0 Å². The molecule has 0 aromatic carbocycles. The van der Waals surface area contributed by atoms with Crippen LogP contribution in [0.5, 0.6) is 0 Å². The van der Waals surface area contributed by atoms with Crippen LogP contribution in [0.25, 0.3) is 0 Å². The molecule has 0 bridgehead atoms. The number of likely N-dealkylation sites (tertiary alicyclic amines) is 1. The van der Waals surface area contributed by atoms with Gasteiger partial charge in [-0.2, -0.15) is 13.2 Å². The molecule has 1 saturated carbocycles. The summed E-state index contributed by atoms with van der Waals surface area (Å²) in [5, 5.41) is 13.9. The molecule has 2 rings (SSSR count). The first-order chi connectivity index (χ1) is 9.76. The SMILES string of the molecule is CC1CCCC(O)(CNC2CCN(CC(F)(F)F)CC2)C1. The second-order valence-electron chi connectivity index (χ2n) is 6.97. The average Bonchev–Trinajstić information content (AvgIpc) is 2.36. The Bertz CT molecular complexity index is 329. The lowest BCUT2D eigenvalue weighted by atomic mass is 9.79. The topological polar surface area (TPSA) is 35.5 Å². The zero-order valence-corrected chi connectivity index (χ0v) is 12.8. The van der Waals surface area contributed by atoms with Crippen LogP contribution in [0.15, 0.2) is 0 Å². The van der Waals surface area contributed by atoms with Gasteiger partial charge in [0.25, 0.3) is 0 Å². The Balaban J connectivity index is 1.69. The summed E-state index contributed by atoms with van der Waals surface area (Å²) in [6, 6.07) is 0.232. The Morgan fingerprint density at radius 2 is 1.90 bits per heavy atom. The van der Waals surface area contributed by atoms with Crippen molar-refractivity contribution in [3.63, 3.8) is 0 Å². The maximum absolute atomic E-state index is 12.3. The van der Waals surface area contributed by atoms with E-state index in [0.29, 0.717) is 25.6 Å². The minimum Gasteiger partial charge on any atom is -0.389 e. The number of nitrogens with zero attached hydrogens (tertiary/aromatic N) is 1. The number of rotatable bonds is 4. The van der Waals surface area contributed by atoms with E-state index in [2.05, 4.69) is 12.2 Å². The van der Waals surface area contributed by atoms with E-state index in [0.717, 1.165) is 32.1 Å². The highest BCUT2D eigenvalue weighted by Gasteiger charge is 2.35. The number of alkyl halides is 3. The molecule has 2 fully saturated rings. The van der Waals surface area contributed by atoms with Gasteiger partial charge in [-0.3, -0.25) is 4.90 Å². The molecule has 3 nitrogen and oxygen atoms in total. The van der Waals surface area contributed by atoms with Gasteiger partial charge >= 0.3 is 6.18 Å². The van der Waals surface area contributed by atoms with E-state index in [4.69, 9.17) is 0 Å². The highest BCUT2D eigenvalue weighted by atomic mass is 19.4. The Hall–Kier alpha value is -0.330. The smallest absolute Gasteiger partial charge is 0.389 e. The van der Waals surface area contributed by atoms with E-state index in [9.17, 15) is 18.3 Å². The molecule has 0 aromatic heterocycles. The molecular formula is C15H27F3N2O. The minimum absolute atomic E-state index is 0.232. The average molecular weight is 308 g/mol. The van der Waals surface area contributed by atoms with E-state index in [1.807, 2.05) is 0 Å². The van der Waals surface area contributed by atoms with Crippen molar-refractivity contribution < 1.29 is 18.3 Å². The van der Waals surface area contributed by atoms with Gasteiger partial charge in [0, 0.05) is 12.6 Å². The second kappa shape index (κ2) is 6.84. The lowest BCUT2D eigenvalue weighted by molar-refractivity contribution is -0.148. The first-order valence-corrected chi connectivity index (χ1v) is 8.01. The third kappa shape index (κ3) is 5.75. The van der Waals surface area contributed by atoms with Crippen molar-refractivity contribution in [2.24, 2.45) is 5.92 Å². The van der Waals surface area contributed by atoms with Crippen LogP contribution in [0.4, 0.5) is 13.2 Å². The van der Waals surface area contributed by atoms with Crippen LogP contribution in [0.1, 0.15) is 45.4 Å². The minimum atomic E-state index is -4.10. The second-order valence-corrected chi connectivity index (χ2v) is 6.97. The molecule has 124 valence electrons. The van der Waals surface area contributed by atoms with Gasteiger partial charge in [0.15, 0.2) is 0 Å². The van der Waals surface area contributed by atoms with E-state index < -0.39 is 18.3 Å². The van der Waals surface area contributed by atoms with Gasteiger partial charge in [0.05, 0.1) is 12.1 Å². The molecule has 1 aliphatic carbocycles. The molecule has 0 radical (unpaired) electrons. The van der Waals surface area contributed by atoms with Crippen molar-refractivity contribution >= 4 is 0 Å². The molecule has 6 heteroatoms. The predicted octanol–water partition coefficient (Wildman–Crippen LogP) is 2.54.